The van der Waals surface area contributed by atoms with Gasteiger partial charge in [0.05, 0.1) is 30.1 Å². The molecule has 2 aliphatic rings. The van der Waals surface area contributed by atoms with E-state index in [1.807, 2.05) is 32.0 Å². The van der Waals surface area contributed by atoms with E-state index >= 15 is 0 Å². The lowest BCUT2D eigenvalue weighted by Crippen LogP contribution is -2.49. The summed E-state index contributed by atoms with van der Waals surface area (Å²) in [5.41, 5.74) is 1.46. The van der Waals surface area contributed by atoms with Crippen LogP contribution in [0.4, 0.5) is 27.2 Å². The van der Waals surface area contributed by atoms with Crippen molar-refractivity contribution < 1.29 is 19.1 Å². The number of piperazine rings is 1. The Balaban J connectivity index is 1.13. The number of hydrogen-bond donors (Lipinski definition) is 2. The van der Waals surface area contributed by atoms with Crippen molar-refractivity contribution in [1.82, 2.24) is 24.8 Å². The van der Waals surface area contributed by atoms with Crippen molar-refractivity contribution >= 4 is 57.4 Å². The molecule has 2 fully saturated rings. The molecule has 2 amide bonds. The monoisotopic (exact) mass is 600 g/mol. The van der Waals surface area contributed by atoms with Crippen LogP contribution in [0.25, 0.3) is 0 Å². The minimum atomic E-state index is -0.288. The minimum absolute atomic E-state index is 0.285. The zero-order valence-electron chi connectivity index (χ0n) is 23.1. The third kappa shape index (κ3) is 7.61. The van der Waals surface area contributed by atoms with Crippen LogP contribution in [0, 0.1) is 13.8 Å². The van der Waals surface area contributed by atoms with Gasteiger partial charge in [-0.3, -0.25) is 9.69 Å². The molecule has 4 heterocycles. The summed E-state index contributed by atoms with van der Waals surface area (Å²) >= 11 is 7.46. The van der Waals surface area contributed by atoms with E-state index in [0.717, 1.165) is 44.2 Å². The largest absolute Gasteiger partial charge is 0.448 e. The van der Waals surface area contributed by atoms with Gasteiger partial charge in [0, 0.05) is 51.9 Å². The summed E-state index contributed by atoms with van der Waals surface area (Å²) in [5, 5.41) is 7.06. The first-order valence-corrected chi connectivity index (χ1v) is 14.7. The van der Waals surface area contributed by atoms with Crippen LogP contribution in [0.1, 0.15) is 21.1 Å². The van der Waals surface area contributed by atoms with Gasteiger partial charge >= 0.3 is 6.09 Å². The summed E-state index contributed by atoms with van der Waals surface area (Å²) in [7, 11) is 0. The van der Waals surface area contributed by atoms with E-state index in [9.17, 15) is 9.59 Å². The van der Waals surface area contributed by atoms with Gasteiger partial charge in [-0.15, -0.1) is 0 Å². The van der Waals surface area contributed by atoms with E-state index in [4.69, 9.17) is 21.1 Å². The number of hydrogen-bond acceptors (Lipinski definition) is 11. The normalized spacial score (nSPS) is 16.0. The van der Waals surface area contributed by atoms with E-state index in [0.29, 0.717) is 65.1 Å². The summed E-state index contributed by atoms with van der Waals surface area (Å²) in [4.78, 5) is 45.3. The maximum absolute atomic E-state index is 12.8. The molecule has 5 rings (SSSR count). The van der Waals surface area contributed by atoms with Crippen molar-refractivity contribution in [3.8, 4) is 0 Å². The highest BCUT2D eigenvalue weighted by Gasteiger charge is 2.24. The number of nitrogens with zero attached hydrogens (tertiary/aromatic N) is 6. The van der Waals surface area contributed by atoms with Crippen LogP contribution in [0.3, 0.4) is 0 Å². The fraction of sp³-hybridized carbons (Fsp3) is 0.444. The number of carbonyl (C=O) groups is 2. The van der Waals surface area contributed by atoms with E-state index < -0.39 is 0 Å². The van der Waals surface area contributed by atoms with E-state index in [2.05, 4.69) is 35.4 Å². The van der Waals surface area contributed by atoms with Crippen molar-refractivity contribution in [3.63, 3.8) is 0 Å². The van der Waals surface area contributed by atoms with Crippen molar-refractivity contribution in [2.45, 2.75) is 13.8 Å². The first-order valence-electron chi connectivity index (χ1n) is 13.5. The number of morpholine rings is 1. The lowest BCUT2D eigenvalue weighted by atomic mass is 10.2. The summed E-state index contributed by atoms with van der Waals surface area (Å²) in [6.45, 7) is 10.3. The first kappa shape index (κ1) is 29.0. The van der Waals surface area contributed by atoms with Gasteiger partial charge in [0.1, 0.15) is 28.9 Å². The Morgan fingerprint density at radius 1 is 1.10 bits per heavy atom. The molecule has 0 bridgehead atoms. The highest BCUT2D eigenvalue weighted by atomic mass is 35.5. The van der Waals surface area contributed by atoms with Gasteiger partial charge < -0.3 is 29.9 Å². The molecule has 2 saturated heterocycles. The smallest absolute Gasteiger partial charge is 0.409 e. The van der Waals surface area contributed by atoms with Crippen LogP contribution in [0.15, 0.2) is 30.5 Å². The number of anilines is 4. The Morgan fingerprint density at radius 3 is 2.63 bits per heavy atom. The Kier molecular flexibility index (Phi) is 9.49. The molecule has 218 valence electrons. The number of rotatable bonds is 8. The van der Waals surface area contributed by atoms with Gasteiger partial charge in [-0.1, -0.05) is 35.1 Å². The Labute approximate surface area is 247 Å². The van der Waals surface area contributed by atoms with Gasteiger partial charge in [-0.25, -0.2) is 19.7 Å². The van der Waals surface area contributed by atoms with Gasteiger partial charge in [-0.2, -0.15) is 0 Å². The lowest BCUT2D eigenvalue weighted by Gasteiger charge is -2.35. The zero-order valence-corrected chi connectivity index (χ0v) is 24.6. The SMILES string of the molecule is Cc1nc(Nc2ncc(C(=O)Nc3c(C)cccc3Cl)s2)cc(N2CCN(C(=O)OCCN3CCOCC3)CC2)n1. The highest BCUT2D eigenvalue weighted by molar-refractivity contribution is 7.17. The number of aromatic nitrogens is 3. The second-order valence-electron chi connectivity index (χ2n) is 9.74. The maximum Gasteiger partial charge on any atom is 0.409 e. The Hall–Kier alpha value is -3.52. The molecule has 0 atom stereocenters. The van der Waals surface area contributed by atoms with Crippen LogP contribution >= 0.6 is 22.9 Å². The van der Waals surface area contributed by atoms with Crippen molar-refractivity contribution in [3.05, 3.63) is 51.7 Å². The molecular weight excluding hydrogens is 568 g/mol. The Morgan fingerprint density at radius 2 is 1.88 bits per heavy atom. The second kappa shape index (κ2) is 13.4. The average Bonchev–Trinajstić information content (AvgIpc) is 3.44. The van der Waals surface area contributed by atoms with Crippen LogP contribution < -0.4 is 15.5 Å². The zero-order chi connectivity index (χ0) is 28.8. The lowest BCUT2D eigenvalue weighted by molar-refractivity contribution is 0.0246. The molecule has 2 aromatic heterocycles. The highest BCUT2D eigenvalue weighted by Crippen LogP contribution is 2.28. The molecule has 1 aromatic carbocycles. The molecule has 12 nitrogen and oxygen atoms in total. The number of aryl methyl sites for hydroxylation is 2. The molecule has 0 aliphatic carbocycles. The van der Waals surface area contributed by atoms with Gasteiger partial charge in [0.25, 0.3) is 5.91 Å². The van der Waals surface area contributed by atoms with Gasteiger partial charge in [0.15, 0.2) is 5.13 Å². The van der Waals surface area contributed by atoms with Crippen molar-refractivity contribution in [1.29, 1.82) is 0 Å². The standard InChI is InChI=1S/C27H33ClN8O4S/c1-18-4-3-5-20(28)24(18)33-25(37)21-17-29-26(41-21)32-22-16-23(31-19(2)30-22)35-6-8-36(9-7-35)27(38)40-15-12-34-10-13-39-14-11-34/h3-5,16-17H,6-15H2,1-2H3,(H,33,37)(H,29,30,31,32). The van der Waals surface area contributed by atoms with E-state index in [1.165, 1.54) is 17.5 Å². The number of amides is 2. The summed E-state index contributed by atoms with van der Waals surface area (Å²) < 4.78 is 10.9. The number of ether oxygens (including phenoxy) is 2. The molecule has 0 saturated carbocycles. The topological polar surface area (TPSA) is 125 Å². The number of carbonyl (C=O) groups excluding carboxylic acids is 2. The average molecular weight is 601 g/mol. The van der Waals surface area contributed by atoms with Crippen molar-refractivity contribution in [2.24, 2.45) is 0 Å². The fourth-order valence-electron chi connectivity index (χ4n) is 4.59. The third-order valence-corrected chi connectivity index (χ3v) is 8.07. The number of thiazole rings is 1. The molecule has 14 heteroatoms. The van der Waals surface area contributed by atoms with Crippen LogP contribution in [-0.2, 0) is 9.47 Å². The first-order chi connectivity index (χ1) is 19.9. The quantitative estimate of drug-likeness (QED) is 0.394. The van der Waals surface area contributed by atoms with Crippen LogP contribution in [-0.4, -0.2) is 102 Å². The molecule has 0 radical (unpaired) electrons. The molecule has 0 unspecified atom stereocenters. The molecule has 41 heavy (non-hydrogen) atoms. The third-order valence-electron chi connectivity index (χ3n) is 6.85. The van der Waals surface area contributed by atoms with Crippen molar-refractivity contribution in [2.75, 3.05) is 81.2 Å². The molecule has 2 N–H and O–H groups in total. The molecule has 3 aromatic rings. The summed E-state index contributed by atoms with van der Waals surface area (Å²) in [6, 6.07) is 7.30. The van der Waals surface area contributed by atoms with E-state index in [1.54, 1.807) is 11.0 Å². The molecular formula is C27H33ClN8O4S. The van der Waals surface area contributed by atoms with Gasteiger partial charge in [0.2, 0.25) is 0 Å². The predicted octanol–water partition coefficient (Wildman–Crippen LogP) is 3.79. The number of para-hydroxylation sites is 1. The summed E-state index contributed by atoms with van der Waals surface area (Å²) in [5.74, 6) is 1.63. The Bertz CT molecular complexity index is 1350. The second-order valence-corrected chi connectivity index (χ2v) is 11.2. The number of nitrogens with one attached hydrogen (secondary N) is 2. The molecule has 2 aliphatic heterocycles. The van der Waals surface area contributed by atoms with Gasteiger partial charge in [-0.05, 0) is 25.5 Å². The summed E-state index contributed by atoms with van der Waals surface area (Å²) in [6.07, 6.45) is 1.23. The van der Waals surface area contributed by atoms with Crippen LogP contribution in [0.5, 0.6) is 0 Å². The number of halogens is 1. The molecule has 0 spiro atoms. The van der Waals surface area contributed by atoms with Crippen LogP contribution in [0.2, 0.25) is 5.02 Å². The number of benzene rings is 1. The predicted molar refractivity (Wildman–Crippen MR) is 159 cm³/mol. The minimum Gasteiger partial charge on any atom is -0.448 e. The maximum atomic E-state index is 12.8. The fourth-order valence-corrected chi connectivity index (χ4v) is 5.57. The van der Waals surface area contributed by atoms with E-state index in [-0.39, 0.29) is 12.0 Å².